The van der Waals surface area contributed by atoms with Gasteiger partial charge in [-0.2, -0.15) is 0 Å². The molecule has 0 unspecified atom stereocenters. The van der Waals surface area contributed by atoms with Crippen LogP contribution < -0.4 is 0 Å². The highest BCUT2D eigenvalue weighted by Crippen LogP contribution is 2.32. The van der Waals surface area contributed by atoms with Crippen LogP contribution in [0.1, 0.15) is 5.56 Å². The van der Waals surface area contributed by atoms with Gasteiger partial charge >= 0.3 is 0 Å². The average molecular weight is 344 g/mol. The van der Waals surface area contributed by atoms with Crippen LogP contribution in [0, 0.1) is 6.92 Å². The average Bonchev–Trinajstić information content (AvgIpc) is 2.73. The summed E-state index contributed by atoms with van der Waals surface area (Å²) in [5.41, 5.74) is 6.37. The molecule has 5 rings (SSSR count). The largest absolute Gasteiger partial charge is 0.0616 e. The second kappa shape index (κ2) is 6.41. The molecular formula is C27H20. The fraction of sp³-hybridized carbons (Fsp3) is 0.0370. The lowest BCUT2D eigenvalue weighted by Gasteiger charge is -2.10. The molecule has 0 aliphatic heterocycles. The monoisotopic (exact) mass is 344 g/mol. The molecule has 0 heterocycles. The Labute approximate surface area is 159 Å². The molecule has 27 heavy (non-hydrogen) atoms. The maximum atomic E-state index is 2.31. The van der Waals surface area contributed by atoms with Gasteiger partial charge in [0.1, 0.15) is 0 Å². The molecule has 0 amide bonds. The van der Waals surface area contributed by atoms with Gasteiger partial charge in [-0.15, -0.1) is 0 Å². The van der Waals surface area contributed by atoms with E-state index in [1.807, 2.05) is 0 Å². The highest BCUT2D eigenvalue weighted by molar-refractivity contribution is 5.99. The molecule has 5 aromatic rings. The van der Waals surface area contributed by atoms with Gasteiger partial charge in [0.15, 0.2) is 0 Å². The van der Waals surface area contributed by atoms with Crippen LogP contribution in [0.3, 0.4) is 0 Å². The third-order valence-electron chi connectivity index (χ3n) is 5.33. The van der Waals surface area contributed by atoms with Crippen LogP contribution in [0.2, 0.25) is 0 Å². The first kappa shape index (κ1) is 15.8. The van der Waals surface area contributed by atoms with Gasteiger partial charge in [0.25, 0.3) is 0 Å². The topological polar surface area (TPSA) is 0 Å². The van der Waals surface area contributed by atoms with Gasteiger partial charge < -0.3 is 0 Å². The minimum Gasteiger partial charge on any atom is -0.0616 e. The van der Waals surface area contributed by atoms with E-state index >= 15 is 0 Å². The quantitative estimate of drug-likeness (QED) is 0.309. The minimum atomic E-state index is 1.26. The molecule has 0 spiro atoms. The first-order valence-electron chi connectivity index (χ1n) is 9.37. The molecule has 0 nitrogen and oxygen atoms in total. The summed E-state index contributed by atoms with van der Waals surface area (Å²) in [4.78, 5) is 0. The smallest absolute Gasteiger partial charge is 0.0105 e. The van der Waals surface area contributed by atoms with E-state index < -0.39 is 0 Å². The lowest BCUT2D eigenvalue weighted by molar-refractivity contribution is 1.47. The number of rotatable bonds is 2. The van der Waals surface area contributed by atoms with E-state index in [0.717, 1.165) is 0 Å². The van der Waals surface area contributed by atoms with E-state index in [4.69, 9.17) is 0 Å². The lowest BCUT2D eigenvalue weighted by Crippen LogP contribution is -1.84. The lowest BCUT2D eigenvalue weighted by atomic mass is 9.95. The minimum absolute atomic E-state index is 1.26. The zero-order valence-electron chi connectivity index (χ0n) is 15.3. The molecule has 0 aliphatic rings. The Kier molecular flexibility index (Phi) is 3.76. The standard InChI is InChI=1S/C27H20/c1-19-9-11-20(12-10-19)23-15-13-21-14-16-24(18-25(21)17-23)27-8-4-6-22-5-2-3-7-26(22)27/h2-18H,1H3. The SMILES string of the molecule is Cc1ccc(-c2ccc3ccc(-c4cccc5ccccc45)cc3c2)cc1. The van der Waals surface area contributed by atoms with Gasteiger partial charge in [-0.05, 0) is 62.9 Å². The second-order valence-electron chi connectivity index (χ2n) is 7.17. The maximum absolute atomic E-state index is 2.31. The summed E-state index contributed by atoms with van der Waals surface area (Å²) in [5, 5.41) is 5.13. The molecule has 5 aromatic carbocycles. The number of aryl methyl sites for hydroxylation is 1. The molecule has 0 atom stereocenters. The zero-order chi connectivity index (χ0) is 18.2. The summed E-state index contributed by atoms with van der Waals surface area (Å²) in [6.07, 6.45) is 0. The van der Waals surface area contributed by atoms with Gasteiger partial charge in [0, 0.05) is 0 Å². The van der Waals surface area contributed by atoms with Crippen LogP contribution in [0.25, 0.3) is 43.8 Å². The molecule has 0 fully saturated rings. The Morgan fingerprint density at radius 1 is 0.444 bits per heavy atom. The van der Waals surface area contributed by atoms with E-state index in [0.29, 0.717) is 0 Å². The van der Waals surface area contributed by atoms with Crippen molar-refractivity contribution in [3.8, 4) is 22.3 Å². The Morgan fingerprint density at radius 3 is 1.96 bits per heavy atom. The highest BCUT2D eigenvalue weighted by atomic mass is 14.1. The van der Waals surface area contributed by atoms with Crippen LogP contribution >= 0.6 is 0 Å². The maximum Gasteiger partial charge on any atom is -0.0105 e. The van der Waals surface area contributed by atoms with Gasteiger partial charge in [-0.3, -0.25) is 0 Å². The first-order valence-corrected chi connectivity index (χ1v) is 9.37. The van der Waals surface area contributed by atoms with Gasteiger partial charge in [0.2, 0.25) is 0 Å². The van der Waals surface area contributed by atoms with E-state index in [1.165, 1.54) is 49.4 Å². The first-order chi connectivity index (χ1) is 13.3. The Morgan fingerprint density at radius 2 is 1.11 bits per heavy atom. The molecule has 0 aliphatic carbocycles. The van der Waals surface area contributed by atoms with Crippen molar-refractivity contribution in [3.63, 3.8) is 0 Å². The fourth-order valence-corrected chi connectivity index (χ4v) is 3.82. The Balaban J connectivity index is 1.67. The van der Waals surface area contributed by atoms with Crippen molar-refractivity contribution in [1.82, 2.24) is 0 Å². The van der Waals surface area contributed by atoms with E-state index in [9.17, 15) is 0 Å². The third-order valence-corrected chi connectivity index (χ3v) is 5.33. The van der Waals surface area contributed by atoms with Gasteiger partial charge in [-0.25, -0.2) is 0 Å². The zero-order valence-corrected chi connectivity index (χ0v) is 15.3. The molecule has 0 radical (unpaired) electrons. The molecular weight excluding hydrogens is 324 g/mol. The molecule has 0 saturated carbocycles. The van der Waals surface area contributed by atoms with Gasteiger partial charge in [-0.1, -0.05) is 96.6 Å². The Hall–Kier alpha value is -3.38. The fourth-order valence-electron chi connectivity index (χ4n) is 3.82. The summed E-state index contributed by atoms with van der Waals surface area (Å²) in [6.45, 7) is 2.13. The Bertz CT molecular complexity index is 1260. The predicted octanol–water partition coefficient (Wildman–Crippen LogP) is 7.64. The summed E-state index contributed by atoms with van der Waals surface area (Å²) < 4.78 is 0. The number of fused-ring (bicyclic) bond motifs is 2. The highest BCUT2D eigenvalue weighted by Gasteiger charge is 2.06. The van der Waals surface area contributed by atoms with E-state index in [2.05, 4.69) is 110 Å². The van der Waals surface area contributed by atoms with Crippen LogP contribution in [-0.4, -0.2) is 0 Å². The van der Waals surface area contributed by atoms with Crippen molar-refractivity contribution >= 4 is 21.5 Å². The molecule has 0 saturated heterocycles. The summed E-state index contributed by atoms with van der Waals surface area (Å²) >= 11 is 0. The van der Waals surface area contributed by atoms with E-state index in [1.54, 1.807) is 0 Å². The van der Waals surface area contributed by atoms with Crippen LogP contribution in [-0.2, 0) is 0 Å². The normalized spacial score (nSPS) is 11.1. The summed E-state index contributed by atoms with van der Waals surface area (Å²) in [6, 6.07) is 37.4. The third kappa shape index (κ3) is 2.90. The van der Waals surface area contributed by atoms with Gasteiger partial charge in [0.05, 0.1) is 0 Å². The van der Waals surface area contributed by atoms with Crippen molar-refractivity contribution in [2.45, 2.75) is 6.92 Å². The summed E-state index contributed by atoms with van der Waals surface area (Å²) in [5.74, 6) is 0. The predicted molar refractivity (Wildman–Crippen MR) is 117 cm³/mol. The van der Waals surface area contributed by atoms with Crippen LogP contribution in [0.5, 0.6) is 0 Å². The number of hydrogen-bond donors (Lipinski definition) is 0. The van der Waals surface area contributed by atoms with Crippen LogP contribution in [0.4, 0.5) is 0 Å². The number of benzene rings is 5. The van der Waals surface area contributed by atoms with E-state index in [-0.39, 0.29) is 0 Å². The van der Waals surface area contributed by atoms with Crippen molar-refractivity contribution in [2.75, 3.05) is 0 Å². The molecule has 128 valence electrons. The van der Waals surface area contributed by atoms with Crippen molar-refractivity contribution in [1.29, 1.82) is 0 Å². The molecule has 0 N–H and O–H groups in total. The molecule has 0 heteroatoms. The molecule has 0 bridgehead atoms. The number of hydrogen-bond acceptors (Lipinski definition) is 0. The molecule has 0 aromatic heterocycles. The van der Waals surface area contributed by atoms with Crippen LogP contribution in [0.15, 0.2) is 103 Å². The second-order valence-corrected chi connectivity index (χ2v) is 7.17. The van der Waals surface area contributed by atoms with Crippen molar-refractivity contribution < 1.29 is 0 Å². The van der Waals surface area contributed by atoms with Crippen molar-refractivity contribution in [2.24, 2.45) is 0 Å². The summed E-state index contributed by atoms with van der Waals surface area (Å²) in [7, 11) is 0. The van der Waals surface area contributed by atoms with Crippen molar-refractivity contribution in [3.05, 3.63) is 109 Å².